The van der Waals surface area contributed by atoms with E-state index >= 15 is 0 Å². The summed E-state index contributed by atoms with van der Waals surface area (Å²) in [7, 11) is 0. The Morgan fingerprint density at radius 1 is 0.375 bits per heavy atom. The monoisotopic (exact) mass is 414 g/mol. The lowest BCUT2D eigenvalue weighted by molar-refractivity contribution is 1.22. The maximum Gasteiger partial charge on any atom is 0.258 e. The number of pyridine rings is 2. The van der Waals surface area contributed by atoms with Crippen LogP contribution < -0.4 is 22.2 Å². The van der Waals surface area contributed by atoms with Crippen LogP contribution in [-0.4, -0.2) is 9.97 Å². The second-order valence-electron chi connectivity index (χ2n) is 8.54. The molecule has 148 valence electrons. The van der Waals surface area contributed by atoms with Crippen LogP contribution in [0, 0.1) is 0 Å². The van der Waals surface area contributed by atoms with Crippen LogP contribution in [0.15, 0.2) is 67.7 Å². The lowest BCUT2D eigenvalue weighted by atomic mass is 9.84. The quantitative estimate of drug-likeness (QED) is 0.292. The summed E-state index contributed by atoms with van der Waals surface area (Å²) in [5, 5.41) is 10.4. The van der Waals surface area contributed by atoms with Gasteiger partial charge in [-0.25, -0.2) is 0 Å². The average Bonchev–Trinajstić information content (AvgIpc) is 2.78. The van der Waals surface area contributed by atoms with Crippen molar-refractivity contribution < 1.29 is 0 Å². The molecule has 2 heterocycles. The molecule has 0 amide bonds. The van der Waals surface area contributed by atoms with E-state index in [0.717, 1.165) is 43.1 Å². The highest BCUT2D eigenvalue weighted by Gasteiger charge is 2.22. The summed E-state index contributed by atoms with van der Waals surface area (Å²) >= 11 is 0. The molecule has 8 rings (SSSR count). The minimum Gasteiger partial charge on any atom is -0.288 e. The van der Waals surface area contributed by atoms with E-state index in [1.165, 1.54) is 0 Å². The van der Waals surface area contributed by atoms with E-state index in [1.807, 2.05) is 36.4 Å². The number of benzene rings is 6. The fourth-order valence-corrected chi connectivity index (χ4v) is 5.78. The van der Waals surface area contributed by atoms with Crippen molar-refractivity contribution >= 4 is 75.4 Å². The van der Waals surface area contributed by atoms with Gasteiger partial charge in [-0.2, -0.15) is 0 Å². The standard InChI is InChI=1S/C26H10N2O4/c29-23-13-3-1-9-5-11-7-16-22-14(24(30)28-26(16)32)4-2-10-6-12-8-15(25(31)27-23)21(13)17(9)19(12)20(11)18(10)22/h1-8H,(H,27,29,31)(H,28,30,32). The minimum atomic E-state index is -0.403. The summed E-state index contributed by atoms with van der Waals surface area (Å²) in [6.07, 6.45) is 0. The molecule has 0 aliphatic rings. The van der Waals surface area contributed by atoms with Crippen LogP contribution in [0.2, 0.25) is 0 Å². The van der Waals surface area contributed by atoms with Gasteiger partial charge in [-0.3, -0.25) is 29.1 Å². The average molecular weight is 414 g/mol. The predicted molar refractivity (Wildman–Crippen MR) is 128 cm³/mol. The number of nitrogens with one attached hydrogen (secondary N) is 2. The Hall–Kier alpha value is -4.58. The van der Waals surface area contributed by atoms with Crippen molar-refractivity contribution in [2.45, 2.75) is 0 Å². The number of H-pyrrole nitrogens is 2. The Labute approximate surface area is 175 Å². The number of aromatic nitrogens is 2. The first-order valence-corrected chi connectivity index (χ1v) is 10.2. The predicted octanol–water partition coefficient (Wildman–Crippen LogP) is 3.61. The first kappa shape index (κ1) is 16.2. The van der Waals surface area contributed by atoms with Gasteiger partial charge in [-0.1, -0.05) is 12.1 Å². The van der Waals surface area contributed by atoms with Gasteiger partial charge in [0.2, 0.25) is 0 Å². The fraction of sp³-hybridized carbons (Fsp3) is 0. The second kappa shape index (κ2) is 4.84. The van der Waals surface area contributed by atoms with E-state index in [4.69, 9.17) is 0 Å². The van der Waals surface area contributed by atoms with Crippen LogP contribution >= 0.6 is 0 Å². The summed E-state index contributed by atoms with van der Waals surface area (Å²) < 4.78 is 0. The van der Waals surface area contributed by atoms with Gasteiger partial charge in [0.05, 0.1) is 0 Å². The van der Waals surface area contributed by atoms with Crippen LogP contribution in [0.4, 0.5) is 0 Å². The molecule has 6 nitrogen and oxygen atoms in total. The Morgan fingerprint density at radius 2 is 0.750 bits per heavy atom. The van der Waals surface area contributed by atoms with Crippen molar-refractivity contribution in [1.29, 1.82) is 0 Å². The van der Waals surface area contributed by atoms with Gasteiger partial charge >= 0.3 is 0 Å². The first-order chi connectivity index (χ1) is 15.5. The van der Waals surface area contributed by atoms with Gasteiger partial charge in [0.25, 0.3) is 22.2 Å². The minimum absolute atomic E-state index is 0.403. The summed E-state index contributed by atoms with van der Waals surface area (Å²) in [4.78, 5) is 55.4. The molecule has 2 N–H and O–H groups in total. The van der Waals surface area contributed by atoms with E-state index < -0.39 is 22.2 Å². The molecular weight excluding hydrogens is 404 g/mol. The highest BCUT2D eigenvalue weighted by atomic mass is 16.2. The molecule has 8 aromatic rings. The third-order valence-corrected chi connectivity index (χ3v) is 7.00. The normalized spacial score (nSPS) is 12.9. The van der Waals surface area contributed by atoms with Gasteiger partial charge in [-0.15, -0.1) is 0 Å². The number of aromatic amines is 2. The molecule has 0 saturated heterocycles. The van der Waals surface area contributed by atoms with Gasteiger partial charge in [-0.05, 0) is 79.5 Å². The van der Waals surface area contributed by atoms with Crippen LogP contribution in [-0.2, 0) is 0 Å². The van der Waals surface area contributed by atoms with Crippen LogP contribution in [0.5, 0.6) is 0 Å². The Bertz CT molecular complexity index is 2160. The van der Waals surface area contributed by atoms with Gasteiger partial charge < -0.3 is 0 Å². The third kappa shape index (κ3) is 1.60. The summed E-state index contributed by atoms with van der Waals surface area (Å²) in [5.41, 5.74) is -1.61. The van der Waals surface area contributed by atoms with Crippen molar-refractivity contribution in [1.82, 2.24) is 9.97 Å². The number of hydrogen-bond acceptors (Lipinski definition) is 4. The van der Waals surface area contributed by atoms with Crippen molar-refractivity contribution in [3.05, 3.63) is 89.9 Å². The SMILES string of the molecule is O=c1[nH]c(=O)c2cc3cc4ccc5c(=O)[nH]c(=O)c6cc7cc8ccc1c2c8c3c7c4c56. The fourth-order valence-electron chi connectivity index (χ4n) is 5.78. The molecule has 6 aromatic carbocycles. The summed E-state index contributed by atoms with van der Waals surface area (Å²) in [5.74, 6) is 0. The maximum absolute atomic E-state index is 12.7. The van der Waals surface area contributed by atoms with Crippen molar-refractivity contribution in [2.24, 2.45) is 0 Å². The zero-order valence-corrected chi connectivity index (χ0v) is 16.3. The first-order valence-electron chi connectivity index (χ1n) is 10.2. The molecule has 0 spiro atoms. The molecule has 0 radical (unpaired) electrons. The molecule has 0 aliphatic heterocycles. The smallest absolute Gasteiger partial charge is 0.258 e. The molecule has 0 bridgehead atoms. The number of rotatable bonds is 0. The molecular formula is C26H10N2O4. The molecule has 0 atom stereocenters. The Morgan fingerprint density at radius 3 is 1.19 bits per heavy atom. The Kier molecular flexibility index (Phi) is 2.44. The van der Waals surface area contributed by atoms with Crippen LogP contribution in [0.3, 0.4) is 0 Å². The van der Waals surface area contributed by atoms with E-state index in [2.05, 4.69) is 9.97 Å². The zero-order valence-electron chi connectivity index (χ0n) is 16.3. The van der Waals surface area contributed by atoms with Crippen molar-refractivity contribution in [3.8, 4) is 0 Å². The molecule has 2 aromatic heterocycles. The van der Waals surface area contributed by atoms with E-state index in [9.17, 15) is 19.2 Å². The van der Waals surface area contributed by atoms with E-state index in [-0.39, 0.29) is 0 Å². The van der Waals surface area contributed by atoms with E-state index in [0.29, 0.717) is 32.3 Å². The molecule has 0 unspecified atom stereocenters. The van der Waals surface area contributed by atoms with Gasteiger partial charge in [0, 0.05) is 32.3 Å². The molecule has 32 heavy (non-hydrogen) atoms. The van der Waals surface area contributed by atoms with Crippen molar-refractivity contribution in [3.63, 3.8) is 0 Å². The number of hydrogen-bond donors (Lipinski definition) is 2. The lowest BCUT2D eigenvalue weighted by Gasteiger charge is -2.19. The van der Waals surface area contributed by atoms with Gasteiger partial charge in [0.1, 0.15) is 0 Å². The summed E-state index contributed by atoms with van der Waals surface area (Å²) in [6, 6.07) is 14.9. The molecule has 0 aliphatic carbocycles. The molecule has 0 saturated carbocycles. The van der Waals surface area contributed by atoms with Crippen LogP contribution in [0.25, 0.3) is 75.4 Å². The van der Waals surface area contributed by atoms with E-state index in [1.54, 1.807) is 12.1 Å². The van der Waals surface area contributed by atoms with Crippen molar-refractivity contribution in [2.75, 3.05) is 0 Å². The largest absolute Gasteiger partial charge is 0.288 e. The molecule has 6 heteroatoms. The third-order valence-electron chi connectivity index (χ3n) is 7.00. The summed E-state index contributed by atoms with van der Waals surface area (Å²) in [6.45, 7) is 0. The topological polar surface area (TPSA) is 99.9 Å². The maximum atomic E-state index is 12.7. The highest BCUT2D eigenvalue weighted by molar-refractivity contribution is 6.42. The Balaban J connectivity index is 1.86. The highest BCUT2D eigenvalue weighted by Crippen LogP contribution is 2.46. The van der Waals surface area contributed by atoms with Gasteiger partial charge in [0.15, 0.2) is 0 Å². The lowest BCUT2D eigenvalue weighted by Crippen LogP contribution is -2.20. The zero-order chi connectivity index (χ0) is 21.5. The van der Waals surface area contributed by atoms with Crippen LogP contribution in [0.1, 0.15) is 0 Å². The second-order valence-corrected chi connectivity index (χ2v) is 8.54. The molecule has 0 fully saturated rings.